The van der Waals surface area contributed by atoms with Gasteiger partial charge in [0.05, 0.1) is 23.4 Å². The van der Waals surface area contributed by atoms with Crippen molar-refractivity contribution in [3.8, 4) is 11.4 Å². The Balaban J connectivity index is 1.93. The van der Waals surface area contributed by atoms with Gasteiger partial charge in [0.25, 0.3) is 17.4 Å². The van der Waals surface area contributed by atoms with Crippen molar-refractivity contribution in [2.24, 2.45) is 0 Å². The molecule has 4 N–H and O–H groups in total. The zero-order valence-electron chi connectivity index (χ0n) is 13.9. The Morgan fingerprint density at radius 3 is 2.73 bits per heavy atom. The molecule has 9 heteroatoms. The third kappa shape index (κ3) is 3.14. The molecule has 0 saturated heterocycles. The van der Waals surface area contributed by atoms with E-state index in [1.54, 1.807) is 24.3 Å². The minimum atomic E-state index is -0.643. The number of anilines is 1. The summed E-state index contributed by atoms with van der Waals surface area (Å²) in [5, 5.41) is 4.72. The summed E-state index contributed by atoms with van der Waals surface area (Å²) in [6, 6.07) is 7.62. The molecule has 1 aliphatic rings. The quantitative estimate of drug-likeness (QED) is 0.503. The minimum Gasteiger partial charge on any atom is -0.492 e. The van der Waals surface area contributed by atoms with Gasteiger partial charge in [0.15, 0.2) is 0 Å². The molecule has 0 fully saturated rings. The fourth-order valence-corrected chi connectivity index (χ4v) is 2.65. The number of carbonyl (C=O) groups excluding carboxylic acids is 3. The lowest BCUT2D eigenvalue weighted by Gasteiger charge is -2.13. The molecule has 1 aliphatic heterocycles. The van der Waals surface area contributed by atoms with E-state index in [-0.39, 0.29) is 29.5 Å². The van der Waals surface area contributed by atoms with Gasteiger partial charge >= 0.3 is 0 Å². The first-order valence-electron chi connectivity index (χ1n) is 7.77. The van der Waals surface area contributed by atoms with Crippen molar-refractivity contribution < 1.29 is 19.1 Å². The highest BCUT2D eigenvalue weighted by Gasteiger charge is 2.31. The summed E-state index contributed by atoms with van der Waals surface area (Å²) in [7, 11) is 0. The van der Waals surface area contributed by atoms with E-state index in [2.05, 4.69) is 10.6 Å². The van der Waals surface area contributed by atoms with Gasteiger partial charge in [-0.25, -0.2) is 0 Å². The number of aromatic nitrogens is 1. The normalized spacial score (nSPS) is 12.5. The van der Waals surface area contributed by atoms with Crippen LogP contribution < -0.4 is 26.7 Å². The van der Waals surface area contributed by atoms with Crippen LogP contribution in [0.2, 0.25) is 0 Å². The Kier molecular flexibility index (Phi) is 4.44. The fourth-order valence-electron chi connectivity index (χ4n) is 2.65. The number of fused-ring (bicyclic) bond motifs is 1. The molecule has 1 aromatic heterocycles. The molecule has 0 bridgehead atoms. The number of carbonyl (C=O) groups is 3. The summed E-state index contributed by atoms with van der Waals surface area (Å²) in [5.41, 5.74) is 5.78. The van der Waals surface area contributed by atoms with Crippen LogP contribution in [-0.4, -0.2) is 35.4 Å². The average molecular weight is 356 g/mol. The number of pyridine rings is 1. The molecule has 3 amide bonds. The van der Waals surface area contributed by atoms with E-state index >= 15 is 0 Å². The van der Waals surface area contributed by atoms with Crippen molar-refractivity contribution in [1.29, 1.82) is 0 Å². The summed E-state index contributed by atoms with van der Waals surface area (Å²) in [4.78, 5) is 46.8. The molecule has 2 heterocycles. The topological polar surface area (TPSA) is 133 Å². The second kappa shape index (κ2) is 6.71. The van der Waals surface area contributed by atoms with E-state index in [0.29, 0.717) is 18.0 Å². The van der Waals surface area contributed by atoms with Crippen molar-refractivity contribution in [2.75, 3.05) is 18.9 Å². The first-order chi connectivity index (χ1) is 12.4. The van der Waals surface area contributed by atoms with E-state index in [1.165, 1.54) is 6.92 Å². The van der Waals surface area contributed by atoms with E-state index < -0.39 is 17.4 Å². The summed E-state index contributed by atoms with van der Waals surface area (Å²) in [6.07, 6.45) is 0. The van der Waals surface area contributed by atoms with Gasteiger partial charge in [0.2, 0.25) is 5.91 Å². The van der Waals surface area contributed by atoms with Crippen molar-refractivity contribution in [2.45, 2.75) is 6.92 Å². The zero-order valence-corrected chi connectivity index (χ0v) is 13.9. The molecule has 134 valence electrons. The lowest BCUT2D eigenvalue weighted by molar-refractivity contribution is -0.119. The van der Waals surface area contributed by atoms with E-state index in [4.69, 9.17) is 10.5 Å². The van der Waals surface area contributed by atoms with Crippen LogP contribution in [0.3, 0.4) is 0 Å². The number of rotatable bonds is 5. The SMILES string of the molecule is CC(=O)NCCOc1cccc(-n2c(N)c3c(cc2=O)C(=O)NC3=O)c1. The van der Waals surface area contributed by atoms with E-state index in [9.17, 15) is 19.2 Å². The number of nitrogens with zero attached hydrogens (tertiary/aromatic N) is 1. The molecule has 2 aromatic rings. The first-order valence-corrected chi connectivity index (χ1v) is 7.77. The van der Waals surface area contributed by atoms with E-state index in [0.717, 1.165) is 10.6 Å². The second-order valence-corrected chi connectivity index (χ2v) is 5.60. The van der Waals surface area contributed by atoms with Crippen LogP contribution in [0, 0.1) is 0 Å². The average Bonchev–Trinajstić information content (AvgIpc) is 2.86. The van der Waals surface area contributed by atoms with Crippen molar-refractivity contribution >= 4 is 23.5 Å². The number of imide groups is 1. The van der Waals surface area contributed by atoms with Gasteiger partial charge in [-0.3, -0.25) is 29.1 Å². The molecular formula is C17H16N4O5. The molecule has 0 atom stereocenters. The molecule has 0 radical (unpaired) electrons. The van der Waals surface area contributed by atoms with Crippen LogP contribution in [0.5, 0.6) is 5.75 Å². The molecule has 0 spiro atoms. The van der Waals surface area contributed by atoms with Gasteiger partial charge in [-0.05, 0) is 12.1 Å². The summed E-state index contributed by atoms with van der Waals surface area (Å²) >= 11 is 0. The molecular weight excluding hydrogens is 340 g/mol. The zero-order chi connectivity index (χ0) is 18.8. The van der Waals surface area contributed by atoms with Gasteiger partial charge < -0.3 is 15.8 Å². The Labute approximate surface area is 147 Å². The van der Waals surface area contributed by atoms with Gasteiger partial charge in [-0.1, -0.05) is 6.07 Å². The maximum atomic E-state index is 12.4. The first kappa shape index (κ1) is 17.2. The third-order valence-electron chi connectivity index (χ3n) is 3.77. The molecule has 0 unspecified atom stereocenters. The standard InChI is InChI=1S/C17H16N4O5/c1-9(22)19-5-6-26-11-4-2-3-10(7-11)21-13(23)8-12-14(15(21)18)17(25)20-16(12)24/h2-4,7-8H,5-6,18H2,1H3,(H,19,22)(H,20,24,25). The van der Waals surface area contributed by atoms with Crippen LogP contribution >= 0.6 is 0 Å². The van der Waals surface area contributed by atoms with Crippen molar-refractivity contribution in [3.05, 3.63) is 51.8 Å². The highest BCUT2D eigenvalue weighted by Crippen LogP contribution is 2.24. The summed E-state index contributed by atoms with van der Waals surface area (Å²) < 4.78 is 6.66. The molecule has 26 heavy (non-hydrogen) atoms. The minimum absolute atomic E-state index is 0.0217. The van der Waals surface area contributed by atoms with Crippen LogP contribution in [0.25, 0.3) is 5.69 Å². The number of benzene rings is 1. The Morgan fingerprint density at radius 2 is 2.00 bits per heavy atom. The maximum absolute atomic E-state index is 12.4. The van der Waals surface area contributed by atoms with Crippen molar-refractivity contribution in [1.82, 2.24) is 15.2 Å². The number of amides is 3. The van der Waals surface area contributed by atoms with Crippen LogP contribution in [0.1, 0.15) is 27.6 Å². The highest BCUT2D eigenvalue weighted by molar-refractivity contribution is 6.23. The smallest absolute Gasteiger partial charge is 0.262 e. The third-order valence-corrected chi connectivity index (χ3v) is 3.77. The monoisotopic (exact) mass is 356 g/mol. The molecule has 9 nitrogen and oxygen atoms in total. The number of hydrogen-bond donors (Lipinski definition) is 3. The number of nitrogens with two attached hydrogens (primary N) is 1. The second-order valence-electron chi connectivity index (χ2n) is 5.60. The lowest BCUT2D eigenvalue weighted by Crippen LogP contribution is -2.25. The number of nitrogen functional groups attached to an aromatic ring is 1. The molecule has 3 rings (SSSR count). The predicted octanol–water partition coefficient (Wildman–Crippen LogP) is -0.182. The van der Waals surface area contributed by atoms with Crippen LogP contribution in [0.4, 0.5) is 5.82 Å². The Bertz CT molecular complexity index is 980. The number of ether oxygens (including phenoxy) is 1. The van der Waals surface area contributed by atoms with Crippen LogP contribution in [0.15, 0.2) is 35.1 Å². The highest BCUT2D eigenvalue weighted by atomic mass is 16.5. The van der Waals surface area contributed by atoms with Crippen LogP contribution in [-0.2, 0) is 4.79 Å². The van der Waals surface area contributed by atoms with Gasteiger partial charge in [-0.2, -0.15) is 0 Å². The number of hydrogen-bond acceptors (Lipinski definition) is 6. The fraction of sp³-hybridized carbons (Fsp3) is 0.176. The Hall–Kier alpha value is -3.62. The summed E-state index contributed by atoms with van der Waals surface area (Å²) in [5.74, 6) is -1.10. The van der Waals surface area contributed by atoms with Crippen molar-refractivity contribution in [3.63, 3.8) is 0 Å². The number of nitrogens with one attached hydrogen (secondary N) is 2. The van der Waals surface area contributed by atoms with Gasteiger partial charge in [-0.15, -0.1) is 0 Å². The largest absolute Gasteiger partial charge is 0.492 e. The lowest BCUT2D eigenvalue weighted by atomic mass is 10.1. The molecule has 0 aliphatic carbocycles. The maximum Gasteiger partial charge on any atom is 0.262 e. The summed E-state index contributed by atoms with van der Waals surface area (Å²) in [6.45, 7) is 1.99. The van der Waals surface area contributed by atoms with Gasteiger partial charge in [0, 0.05) is 19.1 Å². The van der Waals surface area contributed by atoms with E-state index in [1.807, 2.05) is 0 Å². The van der Waals surface area contributed by atoms with Gasteiger partial charge in [0.1, 0.15) is 18.2 Å². The Morgan fingerprint density at radius 1 is 1.23 bits per heavy atom. The molecule has 0 saturated carbocycles. The molecule has 1 aromatic carbocycles. The predicted molar refractivity (Wildman–Crippen MR) is 92.4 cm³/mol.